The Morgan fingerprint density at radius 2 is 1.83 bits per heavy atom. The Hall–Kier alpha value is -2.59. The lowest BCUT2D eigenvalue weighted by molar-refractivity contribution is 0.371. The maximum absolute atomic E-state index is 9.87. The largest absolute Gasteiger partial charge is 0.504 e. The highest BCUT2D eigenvalue weighted by Gasteiger charge is 2.05. The lowest BCUT2D eigenvalue weighted by atomic mass is 10.1. The number of phenolic OH excluding ortho intramolecular Hbond substituents is 1. The molecule has 0 saturated heterocycles. The lowest BCUT2D eigenvalue weighted by Crippen LogP contribution is -1.87. The van der Waals surface area contributed by atoms with Crippen LogP contribution in [0.1, 0.15) is 16.7 Å². The number of hydrogen-bond donors (Lipinski definition) is 1. The van der Waals surface area contributed by atoms with E-state index in [0.29, 0.717) is 5.75 Å². The van der Waals surface area contributed by atoms with E-state index in [9.17, 15) is 5.11 Å². The first kappa shape index (κ1) is 15.3. The van der Waals surface area contributed by atoms with Gasteiger partial charge < -0.3 is 9.84 Å². The van der Waals surface area contributed by atoms with E-state index in [4.69, 9.17) is 4.74 Å². The van der Waals surface area contributed by atoms with Crippen molar-refractivity contribution in [2.75, 3.05) is 7.11 Å². The molecule has 1 N–H and O–H groups in total. The number of benzene rings is 2. The molecule has 0 aliphatic heterocycles. The quantitative estimate of drug-likeness (QED) is 0.687. The van der Waals surface area contributed by atoms with Crippen LogP contribution in [0.2, 0.25) is 0 Å². The van der Waals surface area contributed by atoms with Gasteiger partial charge in [-0.25, -0.2) is 4.98 Å². The molecule has 0 amide bonds. The molecule has 0 aliphatic rings. The van der Waals surface area contributed by atoms with Gasteiger partial charge in [0.15, 0.2) is 11.5 Å². The summed E-state index contributed by atoms with van der Waals surface area (Å²) in [6, 6.07) is 12.0. The third-order valence-corrected chi connectivity index (χ3v) is 4.20. The second-order valence-corrected chi connectivity index (χ2v) is 5.94. The van der Waals surface area contributed by atoms with Gasteiger partial charge >= 0.3 is 0 Å². The van der Waals surface area contributed by atoms with Crippen molar-refractivity contribution in [2.24, 2.45) is 0 Å². The van der Waals surface area contributed by atoms with Gasteiger partial charge in [0.1, 0.15) is 0 Å². The fraction of sp³-hybridized carbons (Fsp3) is 0.105. The highest BCUT2D eigenvalue weighted by atomic mass is 32.1. The summed E-state index contributed by atoms with van der Waals surface area (Å²) >= 11 is 1.59. The maximum atomic E-state index is 9.87. The summed E-state index contributed by atoms with van der Waals surface area (Å²) in [6.07, 6.45) is 4.04. The molecule has 3 rings (SSSR count). The SMILES string of the molecule is COc1cc(/C=C/c2ccc(-c3cscn3)cc2)cc(C)c1O. The normalized spacial score (nSPS) is 11.0. The molecule has 0 spiro atoms. The molecule has 0 atom stereocenters. The fourth-order valence-electron chi connectivity index (χ4n) is 2.34. The van der Waals surface area contributed by atoms with Crippen LogP contribution in [0.4, 0.5) is 0 Å². The number of rotatable bonds is 4. The average molecular weight is 323 g/mol. The number of hydrogen-bond acceptors (Lipinski definition) is 4. The standard InChI is InChI=1S/C19H17NO2S/c1-13-9-15(10-18(22-2)19(13)21)4-3-14-5-7-16(8-6-14)17-11-23-12-20-17/h3-12,21H,1-2H3/b4-3+. The molecule has 3 nitrogen and oxygen atoms in total. The smallest absolute Gasteiger partial charge is 0.161 e. The summed E-state index contributed by atoms with van der Waals surface area (Å²) in [5.41, 5.74) is 6.84. The summed E-state index contributed by atoms with van der Waals surface area (Å²) in [6.45, 7) is 1.86. The molecular formula is C19H17NO2S. The number of nitrogens with zero attached hydrogens (tertiary/aromatic N) is 1. The van der Waals surface area contributed by atoms with Crippen LogP contribution in [0, 0.1) is 6.92 Å². The van der Waals surface area contributed by atoms with Crippen molar-refractivity contribution in [3.8, 4) is 22.8 Å². The first-order chi connectivity index (χ1) is 11.2. The summed E-state index contributed by atoms with van der Waals surface area (Å²) in [4.78, 5) is 4.31. The molecule has 0 unspecified atom stereocenters. The minimum absolute atomic E-state index is 0.192. The van der Waals surface area contributed by atoms with E-state index < -0.39 is 0 Å². The molecular weight excluding hydrogens is 306 g/mol. The van der Waals surface area contributed by atoms with Gasteiger partial charge in [0, 0.05) is 10.9 Å². The maximum Gasteiger partial charge on any atom is 0.161 e. The highest BCUT2D eigenvalue weighted by molar-refractivity contribution is 7.07. The third-order valence-electron chi connectivity index (χ3n) is 3.61. The number of phenols is 1. The number of aromatic hydroxyl groups is 1. The van der Waals surface area contributed by atoms with Gasteiger partial charge in [-0.2, -0.15) is 0 Å². The second kappa shape index (κ2) is 6.67. The first-order valence-electron chi connectivity index (χ1n) is 7.21. The Morgan fingerprint density at radius 1 is 1.09 bits per heavy atom. The summed E-state index contributed by atoms with van der Waals surface area (Å²) in [5, 5.41) is 11.9. The minimum Gasteiger partial charge on any atom is -0.504 e. The lowest BCUT2D eigenvalue weighted by Gasteiger charge is -2.07. The van der Waals surface area contributed by atoms with Crippen LogP contribution in [0.25, 0.3) is 23.4 Å². The Balaban J connectivity index is 1.81. The Kier molecular flexibility index (Phi) is 4.44. The monoisotopic (exact) mass is 323 g/mol. The van der Waals surface area contributed by atoms with Gasteiger partial charge in [0.05, 0.1) is 18.3 Å². The first-order valence-corrected chi connectivity index (χ1v) is 8.16. The molecule has 0 bridgehead atoms. The van der Waals surface area contributed by atoms with Gasteiger partial charge in [-0.1, -0.05) is 36.4 Å². The topological polar surface area (TPSA) is 42.4 Å². The van der Waals surface area contributed by atoms with Crippen molar-refractivity contribution in [1.29, 1.82) is 0 Å². The molecule has 1 heterocycles. The van der Waals surface area contributed by atoms with E-state index in [-0.39, 0.29) is 5.75 Å². The number of thiazole rings is 1. The van der Waals surface area contributed by atoms with Crippen LogP contribution < -0.4 is 4.74 Å². The predicted octanol–water partition coefficient (Wildman–Crippen LogP) is 5.00. The fourth-order valence-corrected chi connectivity index (χ4v) is 2.90. The van der Waals surface area contributed by atoms with Gasteiger partial charge in [0.2, 0.25) is 0 Å². The zero-order chi connectivity index (χ0) is 16.2. The summed E-state index contributed by atoms with van der Waals surface area (Å²) in [7, 11) is 1.55. The zero-order valence-corrected chi connectivity index (χ0v) is 13.8. The highest BCUT2D eigenvalue weighted by Crippen LogP contribution is 2.31. The van der Waals surface area contributed by atoms with Gasteiger partial charge in [-0.15, -0.1) is 11.3 Å². The van der Waals surface area contributed by atoms with Crippen LogP contribution >= 0.6 is 11.3 Å². The molecule has 4 heteroatoms. The molecule has 23 heavy (non-hydrogen) atoms. The minimum atomic E-state index is 0.192. The Bertz CT molecular complexity index is 821. The van der Waals surface area contributed by atoms with Gasteiger partial charge in [-0.05, 0) is 35.7 Å². The number of ether oxygens (including phenoxy) is 1. The van der Waals surface area contributed by atoms with Crippen molar-refractivity contribution in [1.82, 2.24) is 4.98 Å². The van der Waals surface area contributed by atoms with Crippen molar-refractivity contribution < 1.29 is 9.84 Å². The van der Waals surface area contributed by atoms with Crippen LogP contribution in [0.15, 0.2) is 47.3 Å². The van der Waals surface area contributed by atoms with E-state index in [1.165, 1.54) is 0 Å². The van der Waals surface area contributed by atoms with E-state index in [1.54, 1.807) is 18.4 Å². The van der Waals surface area contributed by atoms with Crippen molar-refractivity contribution in [2.45, 2.75) is 6.92 Å². The molecule has 0 saturated carbocycles. The molecule has 0 radical (unpaired) electrons. The van der Waals surface area contributed by atoms with Crippen molar-refractivity contribution in [3.63, 3.8) is 0 Å². The number of methoxy groups -OCH3 is 1. The van der Waals surface area contributed by atoms with E-state index in [0.717, 1.165) is 27.9 Å². The number of aromatic nitrogens is 1. The summed E-state index contributed by atoms with van der Waals surface area (Å²) in [5.74, 6) is 0.681. The summed E-state index contributed by atoms with van der Waals surface area (Å²) < 4.78 is 5.19. The van der Waals surface area contributed by atoms with Gasteiger partial charge in [0.25, 0.3) is 0 Å². The second-order valence-electron chi connectivity index (χ2n) is 5.22. The number of aryl methyl sites for hydroxylation is 1. The van der Waals surface area contributed by atoms with Gasteiger partial charge in [-0.3, -0.25) is 0 Å². The molecule has 0 fully saturated rings. The van der Waals surface area contributed by atoms with Crippen LogP contribution in [-0.2, 0) is 0 Å². The predicted molar refractivity (Wildman–Crippen MR) is 95.9 cm³/mol. The Morgan fingerprint density at radius 3 is 2.48 bits per heavy atom. The third kappa shape index (κ3) is 3.43. The van der Waals surface area contributed by atoms with Crippen LogP contribution in [-0.4, -0.2) is 17.2 Å². The van der Waals surface area contributed by atoms with Crippen molar-refractivity contribution >= 4 is 23.5 Å². The van der Waals surface area contributed by atoms with E-state index in [2.05, 4.69) is 29.2 Å². The van der Waals surface area contributed by atoms with Crippen LogP contribution in [0.3, 0.4) is 0 Å². The van der Waals surface area contributed by atoms with E-state index in [1.807, 2.05) is 42.1 Å². The Labute approximate surface area is 139 Å². The van der Waals surface area contributed by atoms with Crippen molar-refractivity contribution in [3.05, 3.63) is 64.0 Å². The average Bonchev–Trinajstić information content (AvgIpc) is 3.11. The van der Waals surface area contributed by atoms with Crippen LogP contribution in [0.5, 0.6) is 11.5 Å². The molecule has 3 aromatic rings. The molecule has 2 aromatic carbocycles. The zero-order valence-electron chi connectivity index (χ0n) is 13.0. The van der Waals surface area contributed by atoms with E-state index >= 15 is 0 Å². The molecule has 1 aromatic heterocycles. The molecule has 116 valence electrons. The molecule has 0 aliphatic carbocycles.